The van der Waals surface area contributed by atoms with Gasteiger partial charge in [-0.25, -0.2) is 0 Å². The minimum absolute atomic E-state index is 0.00455. The molecule has 0 nitrogen and oxygen atoms in total. The van der Waals surface area contributed by atoms with Gasteiger partial charge in [-0.3, -0.25) is 0 Å². The molecule has 1 aliphatic rings. The summed E-state index contributed by atoms with van der Waals surface area (Å²) in [5.74, 6) is 0. The van der Waals surface area contributed by atoms with E-state index in [2.05, 4.69) is 172 Å². The van der Waals surface area contributed by atoms with Crippen molar-refractivity contribution in [2.45, 2.75) is 19.3 Å². The van der Waals surface area contributed by atoms with Crippen LogP contribution in [0.1, 0.15) is 25.0 Å². The van der Waals surface area contributed by atoms with Crippen LogP contribution in [-0.2, 0) is 5.41 Å². The number of rotatable bonds is 2. The molecule has 0 bridgehead atoms. The monoisotopic (exact) mass is 596 g/mol. The molecule has 0 spiro atoms. The van der Waals surface area contributed by atoms with Crippen LogP contribution in [0.5, 0.6) is 0 Å². The van der Waals surface area contributed by atoms with Crippen LogP contribution >= 0.6 is 0 Å². The van der Waals surface area contributed by atoms with Gasteiger partial charge in [-0.1, -0.05) is 159 Å². The Balaban J connectivity index is 1.15. The molecule has 0 fully saturated rings. The fourth-order valence-electron chi connectivity index (χ4n) is 8.54. The third kappa shape index (κ3) is 3.70. The molecule has 47 heavy (non-hydrogen) atoms. The van der Waals surface area contributed by atoms with E-state index in [0.717, 1.165) is 0 Å². The molecule has 0 heteroatoms. The molecule has 0 radical (unpaired) electrons. The molecule has 0 atom stereocenters. The molecular weight excluding hydrogens is 565 g/mol. The molecular formula is C47H32. The second-order valence-corrected chi connectivity index (χ2v) is 13.7. The number of fused-ring (bicyclic) bond motifs is 14. The molecule has 0 heterocycles. The zero-order chi connectivity index (χ0) is 31.3. The van der Waals surface area contributed by atoms with E-state index in [9.17, 15) is 0 Å². The van der Waals surface area contributed by atoms with E-state index in [-0.39, 0.29) is 5.41 Å². The molecule has 10 rings (SSSR count). The Morgan fingerprint density at radius 2 is 0.702 bits per heavy atom. The summed E-state index contributed by atoms with van der Waals surface area (Å²) >= 11 is 0. The minimum Gasteiger partial charge on any atom is -0.0619 e. The fraction of sp³-hybridized carbons (Fsp3) is 0.0638. The highest BCUT2D eigenvalue weighted by Gasteiger charge is 2.35. The van der Waals surface area contributed by atoms with Crippen LogP contribution in [0.2, 0.25) is 0 Å². The van der Waals surface area contributed by atoms with Gasteiger partial charge in [-0.05, 0) is 111 Å². The Labute approximate surface area is 274 Å². The Kier molecular flexibility index (Phi) is 5.44. The Hall–Kier alpha value is -5.72. The Morgan fingerprint density at radius 3 is 1.30 bits per heavy atom. The first-order valence-electron chi connectivity index (χ1n) is 16.6. The standard InChI is InChI=1S/C47H32/c1-47(2)43-18-10-9-14-37(43)38-26-24-32(28-44(38)47)30-21-19-29(20-22-30)31-23-25-36-35-13-5-7-16-40(35)45-39-15-6-3-11-33(39)34-12-4-8-17-41(34)46(45)42(36)27-31/h3-28H,1-2H3. The minimum atomic E-state index is -0.00455. The SMILES string of the molecule is CC1(C)c2ccccc2-c2ccc(-c3ccc(-c4ccc5c6ccccc6c6c7ccccc7c7ccccc7c6c5c4)cc3)cc21. The largest absolute Gasteiger partial charge is 0.0619 e. The summed E-state index contributed by atoms with van der Waals surface area (Å²) < 4.78 is 0. The third-order valence-corrected chi connectivity index (χ3v) is 10.8. The highest BCUT2D eigenvalue weighted by Crippen LogP contribution is 2.50. The van der Waals surface area contributed by atoms with Gasteiger partial charge in [-0.15, -0.1) is 0 Å². The summed E-state index contributed by atoms with van der Waals surface area (Å²) in [5, 5.41) is 13.2. The maximum absolute atomic E-state index is 2.43. The van der Waals surface area contributed by atoms with Gasteiger partial charge in [0.05, 0.1) is 0 Å². The summed E-state index contributed by atoms with van der Waals surface area (Å²) in [6.07, 6.45) is 0. The van der Waals surface area contributed by atoms with Crippen LogP contribution in [0.3, 0.4) is 0 Å². The molecule has 220 valence electrons. The van der Waals surface area contributed by atoms with Gasteiger partial charge < -0.3 is 0 Å². The molecule has 9 aromatic carbocycles. The summed E-state index contributed by atoms with van der Waals surface area (Å²) in [4.78, 5) is 0. The lowest BCUT2D eigenvalue weighted by molar-refractivity contribution is 0.660. The second-order valence-electron chi connectivity index (χ2n) is 13.7. The fourth-order valence-corrected chi connectivity index (χ4v) is 8.54. The molecule has 0 saturated carbocycles. The number of hydrogen-bond donors (Lipinski definition) is 0. The van der Waals surface area contributed by atoms with Gasteiger partial charge in [0, 0.05) is 5.41 Å². The first-order valence-corrected chi connectivity index (χ1v) is 16.6. The predicted octanol–water partition coefficient (Wildman–Crippen LogP) is 13.1. The van der Waals surface area contributed by atoms with Crippen LogP contribution < -0.4 is 0 Å². The van der Waals surface area contributed by atoms with Crippen LogP contribution in [0, 0.1) is 0 Å². The molecule has 0 aliphatic heterocycles. The Morgan fingerprint density at radius 1 is 0.298 bits per heavy atom. The van der Waals surface area contributed by atoms with E-state index in [1.54, 1.807) is 0 Å². The summed E-state index contributed by atoms with van der Waals surface area (Å²) in [6.45, 7) is 4.70. The van der Waals surface area contributed by atoms with Crippen LogP contribution in [0.25, 0.3) is 87.2 Å². The average molecular weight is 597 g/mol. The summed E-state index contributed by atoms with van der Waals surface area (Å²) in [6, 6.07) is 58.8. The van der Waals surface area contributed by atoms with Crippen LogP contribution in [0.15, 0.2) is 158 Å². The van der Waals surface area contributed by atoms with Crippen molar-refractivity contribution in [2.24, 2.45) is 0 Å². The smallest absolute Gasteiger partial charge is 0.0159 e. The van der Waals surface area contributed by atoms with E-state index < -0.39 is 0 Å². The van der Waals surface area contributed by atoms with Gasteiger partial charge in [-0.2, -0.15) is 0 Å². The van der Waals surface area contributed by atoms with Gasteiger partial charge in [0.15, 0.2) is 0 Å². The van der Waals surface area contributed by atoms with E-state index >= 15 is 0 Å². The molecule has 9 aromatic rings. The maximum Gasteiger partial charge on any atom is 0.0159 e. The van der Waals surface area contributed by atoms with Crippen molar-refractivity contribution >= 4 is 53.9 Å². The number of benzene rings is 9. The predicted molar refractivity (Wildman–Crippen MR) is 202 cm³/mol. The van der Waals surface area contributed by atoms with E-state index in [1.807, 2.05) is 0 Å². The average Bonchev–Trinajstić information content (AvgIpc) is 3.37. The van der Waals surface area contributed by atoms with Crippen molar-refractivity contribution in [3.8, 4) is 33.4 Å². The molecule has 0 aromatic heterocycles. The lowest BCUT2D eigenvalue weighted by atomic mass is 9.81. The summed E-state index contributed by atoms with van der Waals surface area (Å²) in [7, 11) is 0. The van der Waals surface area contributed by atoms with Gasteiger partial charge >= 0.3 is 0 Å². The van der Waals surface area contributed by atoms with Gasteiger partial charge in [0.1, 0.15) is 0 Å². The number of hydrogen-bond acceptors (Lipinski definition) is 0. The van der Waals surface area contributed by atoms with Crippen molar-refractivity contribution in [2.75, 3.05) is 0 Å². The van der Waals surface area contributed by atoms with Crippen molar-refractivity contribution < 1.29 is 0 Å². The molecule has 0 N–H and O–H groups in total. The molecule has 0 saturated heterocycles. The third-order valence-electron chi connectivity index (χ3n) is 10.8. The molecule has 0 unspecified atom stereocenters. The topological polar surface area (TPSA) is 0 Å². The van der Waals surface area contributed by atoms with E-state index in [1.165, 1.54) is 98.4 Å². The zero-order valence-electron chi connectivity index (χ0n) is 26.5. The molecule has 1 aliphatic carbocycles. The highest BCUT2D eigenvalue weighted by atomic mass is 14.4. The highest BCUT2D eigenvalue weighted by molar-refractivity contribution is 6.39. The lowest BCUT2D eigenvalue weighted by Gasteiger charge is -2.22. The second kappa shape index (κ2) is 9.64. The quantitative estimate of drug-likeness (QED) is 0.174. The van der Waals surface area contributed by atoms with E-state index in [0.29, 0.717) is 0 Å². The lowest BCUT2D eigenvalue weighted by Crippen LogP contribution is -2.14. The van der Waals surface area contributed by atoms with Crippen molar-refractivity contribution in [3.05, 3.63) is 169 Å². The first-order chi connectivity index (χ1) is 23.1. The summed E-state index contributed by atoms with van der Waals surface area (Å²) in [5.41, 5.74) is 10.5. The van der Waals surface area contributed by atoms with Crippen LogP contribution in [-0.4, -0.2) is 0 Å². The normalized spacial score (nSPS) is 13.5. The van der Waals surface area contributed by atoms with Gasteiger partial charge in [0.25, 0.3) is 0 Å². The Bertz CT molecular complexity index is 2730. The van der Waals surface area contributed by atoms with E-state index in [4.69, 9.17) is 0 Å². The van der Waals surface area contributed by atoms with Crippen molar-refractivity contribution in [3.63, 3.8) is 0 Å². The van der Waals surface area contributed by atoms with Crippen molar-refractivity contribution in [1.29, 1.82) is 0 Å². The van der Waals surface area contributed by atoms with Crippen molar-refractivity contribution in [1.82, 2.24) is 0 Å². The zero-order valence-corrected chi connectivity index (χ0v) is 26.5. The first kappa shape index (κ1) is 26.5. The molecule has 0 amide bonds. The van der Waals surface area contributed by atoms with Crippen LogP contribution in [0.4, 0.5) is 0 Å². The maximum atomic E-state index is 2.43. The van der Waals surface area contributed by atoms with Gasteiger partial charge in [0.2, 0.25) is 0 Å².